The van der Waals surface area contributed by atoms with Gasteiger partial charge >= 0.3 is 0 Å². The Morgan fingerprint density at radius 1 is 0.850 bits per heavy atom. The van der Waals surface area contributed by atoms with E-state index in [4.69, 9.17) is 19.9 Å². The highest BCUT2D eigenvalue weighted by Gasteiger charge is 2.26. The Balaban J connectivity index is 4.14. The van der Waals surface area contributed by atoms with Crippen LogP contribution in [0.3, 0.4) is 0 Å². The maximum absolute atomic E-state index is 6.10. The van der Waals surface area contributed by atoms with Crippen molar-refractivity contribution in [2.75, 3.05) is 33.5 Å². The van der Waals surface area contributed by atoms with E-state index >= 15 is 0 Å². The summed E-state index contributed by atoms with van der Waals surface area (Å²) < 4.78 is 17.2. The highest BCUT2D eigenvalue weighted by Crippen LogP contribution is 2.24. The minimum atomic E-state index is -0.106. The largest absolute Gasteiger partial charge is 0.385 e. The monoisotopic (exact) mass is 289 g/mol. The van der Waals surface area contributed by atoms with Crippen molar-refractivity contribution in [1.29, 1.82) is 0 Å². The summed E-state index contributed by atoms with van der Waals surface area (Å²) >= 11 is 0. The first-order valence-corrected chi connectivity index (χ1v) is 7.92. The third-order valence-corrected chi connectivity index (χ3v) is 4.21. The van der Waals surface area contributed by atoms with Gasteiger partial charge in [-0.15, -0.1) is 0 Å². The molecule has 0 aromatic heterocycles. The average Bonchev–Trinajstić information content (AvgIpc) is 2.45. The molecule has 0 fully saturated rings. The van der Waals surface area contributed by atoms with Gasteiger partial charge in [0, 0.05) is 20.3 Å². The number of hydrogen-bond acceptors (Lipinski definition) is 4. The molecule has 0 radical (unpaired) electrons. The predicted octanol–water partition coefficient (Wildman–Crippen LogP) is 3.13. The molecule has 4 nitrogen and oxygen atoms in total. The zero-order chi connectivity index (χ0) is 15.5. The van der Waals surface area contributed by atoms with Crippen LogP contribution in [-0.4, -0.2) is 44.7 Å². The van der Waals surface area contributed by atoms with Gasteiger partial charge in [0.2, 0.25) is 0 Å². The summed E-state index contributed by atoms with van der Waals surface area (Å²) in [6, 6.07) is 0. The lowest BCUT2D eigenvalue weighted by molar-refractivity contribution is -0.0946. The van der Waals surface area contributed by atoms with Crippen molar-refractivity contribution in [3.63, 3.8) is 0 Å². The van der Waals surface area contributed by atoms with E-state index in [1.165, 1.54) is 0 Å². The molecule has 2 N–H and O–H groups in total. The highest BCUT2D eigenvalue weighted by molar-refractivity contribution is 4.77. The molecule has 0 bridgehead atoms. The van der Waals surface area contributed by atoms with Gasteiger partial charge in [-0.05, 0) is 52.5 Å². The zero-order valence-corrected chi connectivity index (χ0v) is 14.2. The van der Waals surface area contributed by atoms with Crippen LogP contribution in [0, 0.1) is 0 Å². The summed E-state index contributed by atoms with van der Waals surface area (Å²) in [6.45, 7) is 11.5. The topological polar surface area (TPSA) is 53.7 Å². The Kier molecular flexibility index (Phi) is 10.5. The Morgan fingerprint density at radius 3 is 1.80 bits per heavy atom. The number of methoxy groups -OCH3 is 1. The van der Waals surface area contributed by atoms with Crippen LogP contribution in [0.25, 0.3) is 0 Å². The minimum absolute atomic E-state index is 0.0953. The molecular formula is C16H35NO3. The highest BCUT2D eigenvalue weighted by atomic mass is 16.5. The third-order valence-electron chi connectivity index (χ3n) is 4.21. The zero-order valence-electron chi connectivity index (χ0n) is 14.2. The molecule has 0 rings (SSSR count). The summed E-state index contributed by atoms with van der Waals surface area (Å²) in [4.78, 5) is 0. The first-order chi connectivity index (χ1) is 9.45. The maximum Gasteiger partial charge on any atom is 0.0673 e. The van der Waals surface area contributed by atoms with Gasteiger partial charge in [-0.2, -0.15) is 0 Å². The van der Waals surface area contributed by atoms with E-state index in [-0.39, 0.29) is 11.2 Å². The van der Waals surface area contributed by atoms with Gasteiger partial charge in [0.25, 0.3) is 0 Å². The van der Waals surface area contributed by atoms with Gasteiger partial charge in [0.05, 0.1) is 17.8 Å². The molecule has 4 heteroatoms. The molecule has 0 aliphatic carbocycles. The summed E-state index contributed by atoms with van der Waals surface area (Å²) in [5.41, 5.74) is 5.30. The number of ether oxygens (including phenoxy) is 3. The van der Waals surface area contributed by atoms with E-state index in [1.807, 2.05) is 0 Å². The molecular weight excluding hydrogens is 254 g/mol. The van der Waals surface area contributed by atoms with Crippen molar-refractivity contribution in [1.82, 2.24) is 0 Å². The molecule has 0 aromatic rings. The molecule has 0 heterocycles. The second-order valence-electron chi connectivity index (χ2n) is 5.94. The SMILES string of the molecule is CCC(C)(CCOC)OCCC(C)(CC)OCCCN. The Morgan fingerprint density at radius 2 is 1.35 bits per heavy atom. The fourth-order valence-electron chi connectivity index (χ4n) is 1.94. The van der Waals surface area contributed by atoms with Crippen LogP contribution in [0.4, 0.5) is 0 Å². The molecule has 122 valence electrons. The summed E-state index contributed by atoms with van der Waals surface area (Å²) in [6.07, 6.45) is 4.74. The number of rotatable bonds is 13. The molecule has 0 aliphatic heterocycles. The van der Waals surface area contributed by atoms with Crippen LogP contribution in [-0.2, 0) is 14.2 Å². The van der Waals surface area contributed by atoms with Crippen molar-refractivity contribution in [3.05, 3.63) is 0 Å². The lowest BCUT2D eigenvalue weighted by Gasteiger charge is -2.33. The number of hydrogen-bond donors (Lipinski definition) is 1. The van der Waals surface area contributed by atoms with Gasteiger partial charge in [-0.1, -0.05) is 13.8 Å². The van der Waals surface area contributed by atoms with E-state index < -0.39 is 0 Å². The Hall–Kier alpha value is -0.160. The van der Waals surface area contributed by atoms with Crippen molar-refractivity contribution in [2.45, 2.75) is 71.0 Å². The molecule has 0 aromatic carbocycles. The molecule has 0 saturated heterocycles. The minimum Gasteiger partial charge on any atom is -0.385 e. The predicted molar refractivity (Wildman–Crippen MR) is 84.1 cm³/mol. The second kappa shape index (κ2) is 10.6. The molecule has 2 atom stereocenters. The molecule has 0 amide bonds. The van der Waals surface area contributed by atoms with Crippen LogP contribution in [0.2, 0.25) is 0 Å². The van der Waals surface area contributed by atoms with Crippen LogP contribution in [0.1, 0.15) is 59.8 Å². The van der Waals surface area contributed by atoms with Gasteiger partial charge in [-0.25, -0.2) is 0 Å². The van der Waals surface area contributed by atoms with Crippen LogP contribution >= 0.6 is 0 Å². The molecule has 0 saturated carbocycles. The molecule has 20 heavy (non-hydrogen) atoms. The molecule has 0 spiro atoms. The quantitative estimate of drug-likeness (QED) is 0.529. The van der Waals surface area contributed by atoms with Crippen LogP contribution in [0.5, 0.6) is 0 Å². The standard InChI is InChI=1S/C16H35NO3/c1-6-15(3,9-13-18-5)20-14-10-16(4,7-2)19-12-8-11-17/h6-14,17H2,1-5H3. The summed E-state index contributed by atoms with van der Waals surface area (Å²) in [7, 11) is 1.73. The summed E-state index contributed by atoms with van der Waals surface area (Å²) in [5, 5.41) is 0. The van der Waals surface area contributed by atoms with E-state index in [0.29, 0.717) is 6.54 Å². The second-order valence-corrected chi connectivity index (χ2v) is 5.94. The van der Waals surface area contributed by atoms with Crippen LogP contribution < -0.4 is 5.73 Å². The smallest absolute Gasteiger partial charge is 0.0673 e. The normalized spacial score (nSPS) is 17.7. The van der Waals surface area contributed by atoms with Crippen molar-refractivity contribution in [2.24, 2.45) is 5.73 Å². The lowest BCUT2D eigenvalue weighted by Crippen LogP contribution is -2.35. The average molecular weight is 289 g/mol. The maximum atomic E-state index is 6.10. The van der Waals surface area contributed by atoms with Crippen molar-refractivity contribution in [3.8, 4) is 0 Å². The van der Waals surface area contributed by atoms with Crippen molar-refractivity contribution < 1.29 is 14.2 Å². The van der Waals surface area contributed by atoms with Gasteiger partial charge in [0.15, 0.2) is 0 Å². The fraction of sp³-hybridized carbons (Fsp3) is 1.00. The number of nitrogens with two attached hydrogens (primary N) is 1. The van der Waals surface area contributed by atoms with Crippen LogP contribution in [0.15, 0.2) is 0 Å². The van der Waals surface area contributed by atoms with Gasteiger partial charge in [0.1, 0.15) is 0 Å². The third kappa shape index (κ3) is 8.20. The van der Waals surface area contributed by atoms with Crippen molar-refractivity contribution >= 4 is 0 Å². The molecule has 0 aliphatic rings. The van der Waals surface area contributed by atoms with E-state index in [0.717, 1.165) is 51.9 Å². The first-order valence-electron chi connectivity index (χ1n) is 7.92. The van der Waals surface area contributed by atoms with Gasteiger partial charge < -0.3 is 19.9 Å². The first kappa shape index (κ1) is 19.8. The van der Waals surface area contributed by atoms with E-state index in [9.17, 15) is 0 Å². The fourth-order valence-corrected chi connectivity index (χ4v) is 1.94. The van der Waals surface area contributed by atoms with Gasteiger partial charge in [-0.3, -0.25) is 0 Å². The lowest BCUT2D eigenvalue weighted by atomic mass is 9.97. The Bertz CT molecular complexity index is 238. The van der Waals surface area contributed by atoms with E-state index in [2.05, 4.69) is 27.7 Å². The molecule has 2 unspecified atom stereocenters. The summed E-state index contributed by atoms with van der Waals surface area (Å²) in [5.74, 6) is 0. The Labute approximate surface area is 125 Å². The van der Waals surface area contributed by atoms with E-state index in [1.54, 1.807) is 7.11 Å².